The fourth-order valence-corrected chi connectivity index (χ4v) is 1.71. The van der Waals surface area contributed by atoms with Gasteiger partial charge < -0.3 is 10.6 Å². The van der Waals surface area contributed by atoms with E-state index in [1.807, 2.05) is 25.1 Å². The summed E-state index contributed by atoms with van der Waals surface area (Å²) in [5.74, 6) is 0. The zero-order valence-corrected chi connectivity index (χ0v) is 8.20. The zero-order valence-electron chi connectivity index (χ0n) is 8.20. The fourth-order valence-electron chi connectivity index (χ4n) is 1.71. The van der Waals surface area contributed by atoms with Crippen LogP contribution >= 0.6 is 0 Å². The summed E-state index contributed by atoms with van der Waals surface area (Å²) in [6.07, 6.45) is 0. The van der Waals surface area contributed by atoms with E-state index in [-0.39, 0.29) is 6.04 Å². The van der Waals surface area contributed by atoms with Gasteiger partial charge in [-0.25, -0.2) is 0 Å². The van der Waals surface area contributed by atoms with E-state index in [0.29, 0.717) is 0 Å². The SMILES string of the molecule is Cc1ccc(C#N)c(N2CC(N)C2)c1. The molecule has 0 radical (unpaired) electrons. The van der Waals surface area contributed by atoms with Crippen molar-refractivity contribution in [2.24, 2.45) is 5.73 Å². The first kappa shape index (κ1) is 9.04. The molecular formula is C11H13N3. The average molecular weight is 187 g/mol. The number of rotatable bonds is 1. The topological polar surface area (TPSA) is 53.0 Å². The van der Waals surface area contributed by atoms with Gasteiger partial charge in [-0.1, -0.05) is 6.07 Å². The maximum Gasteiger partial charge on any atom is 0.101 e. The van der Waals surface area contributed by atoms with Gasteiger partial charge in [-0.15, -0.1) is 0 Å². The molecule has 3 heteroatoms. The standard InChI is InChI=1S/C11H13N3/c1-8-2-3-9(5-12)11(4-8)14-6-10(13)7-14/h2-4,10H,6-7,13H2,1H3. The summed E-state index contributed by atoms with van der Waals surface area (Å²) in [6.45, 7) is 3.75. The molecular weight excluding hydrogens is 174 g/mol. The first-order valence-corrected chi connectivity index (χ1v) is 4.72. The van der Waals surface area contributed by atoms with E-state index >= 15 is 0 Å². The summed E-state index contributed by atoms with van der Waals surface area (Å²) < 4.78 is 0. The highest BCUT2D eigenvalue weighted by molar-refractivity contribution is 5.62. The third-order valence-electron chi connectivity index (χ3n) is 2.52. The Balaban J connectivity index is 2.32. The summed E-state index contributed by atoms with van der Waals surface area (Å²) >= 11 is 0. The molecule has 0 aromatic heterocycles. The van der Waals surface area contributed by atoms with Gasteiger partial charge in [0.05, 0.1) is 11.3 Å². The molecule has 0 amide bonds. The molecule has 1 saturated heterocycles. The molecule has 0 atom stereocenters. The molecule has 14 heavy (non-hydrogen) atoms. The van der Waals surface area contributed by atoms with Gasteiger partial charge in [0.25, 0.3) is 0 Å². The average Bonchev–Trinajstić information content (AvgIpc) is 2.13. The molecule has 1 aliphatic rings. The molecule has 1 aliphatic heterocycles. The van der Waals surface area contributed by atoms with Crippen molar-refractivity contribution in [3.8, 4) is 6.07 Å². The second-order valence-corrected chi connectivity index (χ2v) is 3.80. The number of nitrogens with two attached hydrogens (primary N) is 1. The Morgan fingerprint density at radius 1 is 1.50 bits per heavy atom. The molecule has 72 valence electrons. The number of nitriles is 1. The van der Waals surface area contributed by atoms with E-state index in [9.17, 15) is 0 Å². The van der Waals surface area contributed by atoms with E-state index in [1.165, 1.54) is 5.56 Å². The highest BCUT2D eigenvalue weighted by Gasteiger charge is 2.24. The van der Waals surface area contributed by atoms with Crippen LogP contribution in [0.4, 0.5) is 5.69 Å². The number of benzene rings is 1. The molecule has 0 saturated carbocycles. The predicted octanol–water partition coefficient (Wildman–Crippen LogP) is 1.01. The highest BCUT2D eigenvalue weighted by atomic mass is 15.2. The van der Waals surface area contributed by atoms with Crippen LogP contribution in [0.1, 0.15) is 11.1 Å². The van der Waals surface area contributed by atoms with Crippen LogP contribution in [0, 0.1) is 18.3 Å². The minimum atomic E-state index is 0.266. The Hall–Kier alpha value is -1.53. The van der Waals surface area contributed by atoms with Gasteiger partial charge in [-0.3, -0.25) is 0 Å². The van der Waals surface area contributed by atoms with E-state index in [0.717, 1.165) is 24.3 Å². The second-order valence-electron chi connectivity index (χ2n) is 3.80. The van der Waals surface area contributed by atoms with Gasteiger partial charge in [0.15, 0.2) is 0 Å². The van der Waals surface area contributed by atoms with E-state index in [2.05, 4.69) is 11.0 Å². The smallest absolute Gasteiger partial charge is 0.101 e. The van der Waals surface area contributed by atoms with E-state index in [4.69, 9.17) is 11.0 Å². The molecule has 0 spiro atoms. The minimum absolute atomic E-state index is 0.266. The van der Waals surface area contributed by atoms with E-state index in [1.54, 1.807) is 0 Å². The normalized spacial score (nSPS) is 16.2. The zero-order chi connectivity index (χ0) is 10.1. The molecule has 2 rings (SSSR count). The summed E-state index contributed by atoms with van der Waals surface area (Å²) in [4.78, 5) is 2.15. The van der Waals surface area contributed by atoms with E-state index < -0.39 is 0 Å². The fraction of sp³-hybridized carbons (Fsp3) is 0.364. The molecule has 0 aliphatic carbocycles. The van der Waals surface area contributed by atoms with Gasteiger partial charge >= 0.3 is 0 Å². The molecule has 1 aromatic carbocycles. The summed E-state index contributed by atoms with van der Waals surface area (Å²) in [5, 5.41) is 8.94. The Morgan fingerprint density at radius 2 is 2.21 bits per heavy atom. The maximum atomic E-state index is 8.94. The predicted molar refractivity (Wildman–Crippen MR) is 56.1 cm³/mol. The van der Waals surface area contributed by atoms with Crippen LogP contribution in [0.15, 0.2) is 18.2 Å². The molecule has 0 unspecified atom stereocenters. The molecule has 2 N–H and O–H groups in total. The number of anilines is 1. The van der Waals surface area contributed by atoms with Crippen LogP contribution in [0.2, 0.25) is 0 Å². The van der Waals surface area contributed by atoms with Crippen LogP contribution in [0.25, 0.3) is 0 Å². The Labute approximate surface area is 83.7 Å². The lowest BCUT2D eigenvalue weighted by molar-refractivity contribution is 0.519. The van der Waals surface area contributed by atoms with Crippen molar-refractivity contribution in [2.75, 3.05) is 18.0 Å². The lowest BCUT2D eigenvalue weighted by Crippen LogP contribution is -2.56. The van der Waals surface area contributed by atoms with Gasteiger partial charge in [0.1, 0.15) is 6.07 Å². The van der Waals surface area contributed by atoms with Crippen LogP contribution in [-0.2, 0) is 0 Å². The Morgan fingerprint density at radius 3 is 2.79 bits per heavy atom. The minimum Gasteiger partial charge on any atom is -0.367 e. The molecule has 1 heterocycles. The molecule has 1 fully saturated rings. The second kappa shape index (κ2) is 3.32. The van der Waals surface area contributed by atoms with Crippen molar-refractivity contribution >= 4 is 5.69 Å². The third-order valence-corrected chi connectivity index (χ3v) is 2.52. The Bertz CT molecular complexity index is 386. The first-order valence-electron chi connectivity index (χ1n) is 4.72. The third kappa shape index (κ3) is 1.45. The number of hydrogen-bond donors (Lipinski definition) is 1. The quantitative estimate of drug-likeness (QED) is 0.714. The maximum absolute atomic E-state index is 8.94. The van der Waals surface area contributed by atoms with Crippen molar-refractivity contribution in [1.29, 1.82) is 5.26 Å². The summed E-state index contributed by atoms with van der Waals surface area (Å²) in [6, 6.07) is 8.35. The van der Waals surface area contributed by atoms with Gasteiger partial charge in [-0.05, 0) is 24.6 Å². The monoisotopic (exact) mass is 187 g/mol. The van der Waals surface area contributed by atoms with Crippen molar-refractivity contribution in [1.82, 2.24) is 0 Å². The van der Waals surface area contributed by atoms with Crippen LogP contribution in [0.5, 0.6) is 0 Å². The lowest BCUT2D eigenvalue weighted by Gasteiger charge is -2.39. The van der Waals surface area contributed by atoms with Gasteiger partial charge in [0, 0.05) is 19.1 Å². The van der Waals surface area contributed by atoms with Crippen molar-refractivity contribution < 1.29 is 0 Å². The molecule has 3 nitrogen and oxygen atoms in total. The number of aryl methyl sites for hydroxylation is 1. The van der Waals surface area contributed by atoms with Crippen molar-refractivity contribution in [3.05, 3.63) is 29.3 Å². The first-order chi connectivity index (χ1) is 6.70. The van der Waals surface area contributed by atoms with Gasteiger partial charge in [-0.2, -0.15) is 5.26 Å². The highest BCUT2D eigenvalue weighted by Crippen LogP contribution is 2.25. The van der Waals surface area contributed by atoms with Crippen molar-refractivity contribution in [2.45, 2.75) is 13.0 Å². The number of nitrogens with zero attached hydrogens (tertiary/aromatic N) is 2. The van der Waals surface area contributed by atoms with Crippen LogP contribution in [0.3, 0.4) is 0 Å². The van der Waals surface area contributed by atoms with Gasteiger partial charge in [0.2, 0.25) is 0 Å². The molecule has 0 bridgehead atoms. The summed E-state index contributed by atoms with van der Waals surface area (Å²) in [5.41, 5.74) is 8.65. The largest absolute Gasteiger partial charge is 0.367 e. The lowest BCUT2D eigenvalue weighted by atomic mass is 10.0. The van der Waals surface area contributed by atoms with Crippen LogP contribution < -0.4 is 10.6 Å². The molecule has 1 aromatic rings. The van der Waals surface area contributed by atoms with Crippen LogP contribution in [-0.4, -0.2) is 19.1 Å². The van der Waals surface area contributed by atoms with Crippen molar-refractivity contribution in [3.63, 3.8) is 0 Å². The summed E-state index contributed by atoms with van der Waals surface area (Å²) in [7, 11) is 0. The number of hydrogen-bond acceptors (Lipinski definition) is 3. The Kier molecular flexibility index (Phi) is 2.14.